The second kappa shape index (κ2) is 9.07. The quantitative estimate of drug-likeness (QED) is 0.528. The van der Waals surface area contributed by atoms with Gasteiger partial charge in [0, 0.05) is 19.0 Å². The third kappa shape index (κ3) is 6.55. The van der Waals surface area contributed by atoms with E-state index < -0.39 is 0 Å². The summed E-state index contributed by atoms with van der Waals surface area (Å²) in [6.45, 7) is 5.27. The highest BCUT2D eigenvalue weighted by atomic mass is 35.5. The number of ether oxygens (including phenoxy) is 1. The monoisotopic (exact) mass is 227 g/mol. The van der Waals surface area contributed by atoms with Crippen LogP contribution in [0.3, 0.4) is 0 Å². The Kier molecular flexibility index (Phi) is 9.42. The van der Waals surface area contributed by atoms with Gasteiger partial charge in [-0.1, -0.05) is 6.42 Å². The summed E-state index contributed by atoms with van der Waals surface area (Å²) >= 11 is 5.59. The van der Waals surface area contributed by atoms with Crippen molar-refractivity contribution in [3.8, 4) is 0 Å². The van der Waals surface area contributed by atoms with Crippen molar-refractivity contribution < 1.29 is 4.74 Å². The first-order valence-electron chi connectivity index (χ1n) is 4.79. The number of rotatable bonds is 5. The first-order chi connectivity index (χ1) is 5.93. The molecule has 0 spiro atoms. The molecule has 13 heavy (non-hydrogen) atoms. The molecule has 0 N–H and O–H groups in total. The fraction of sp³-hybridized carbons (Fsp3) is 1.00. The molecule has 0 amide bonds. The van der Waals surface area contributed by atoms with Crippen molar-refractivity contribution in [2.75, 3.05) is 38.7 Å². The van der Waals surface area contributed by atoms with Gasteiger partial charge in [-0.15, -0.1) is 24.0 Å². The highest BCUT2D eigenvalue weighted by molar-refractivity contribution is 6.17. The molecule has 1 aliphatic heterocycles. The van der Waals surface area contributed by atoms with Crippen LogP contribution in [0.1, 0.15) is 19.3 Å². The van der Waals surface area contributed by atoms with Gasteiger partial charge in [-0.05, 0) is 19.4 Å². The van der Waals surface area contributed by atoms with E-state index in [2.05, 4.69) is 4.90 Å². The van der Waals surface area contributed by atoms with Gasteiger partial charge in [0.15, 0.2) is 0 Å². The summed E-state index contributed by atoms with van der Waals surface area (Å²) in [6.07, 6.45) is 3.71. The summed E-state index contributed by atoms with van der Waals surface area (Å²) in [5.74, 6) is 0.809. The molecule has 1 saturated heterocycles. The van der Waals surface area contributed by atoms with Crippen molar-refractivity contribution >= 4 is 24.0 Å². The van der Waals surface area contributed by atoms with Crippen molar-refractivity contribution in [3.05, 3.63) is 0 Å². The molecular weight excluding hydrogens is 209 g/mol. The van der Waals surface area contributed by atoms with Crippen LogP contribution in [-0.4, -0.2) is 43.6 Å². The molecule has 0 saturated carbocycles. The van der Waals surface area contributed by atoms with E-state index >= 15 is 0 Å². The first-order valence-corrected chi connectivity index (χ1v) is 5.33. The number of nitrogens with zero attached hydrogens (tertiary/aromatic N) is 1. The van der Waals surface area contributed by atoms with Gasteiger partial charge in [0.1, 0.15) is 0 Å². The Hall–Kier alpha value is 0.500. The number of unbranched alkanes of at least 4 members (excludes halogenated alkanes) is 2. The molecule has 0 radical (unpaired) electrons. The minimum absolute atomic E-state index is 0. The molecule has 2 nitrogen and oxygen atoms in total. The molecule has 1 fully saturated rings. The van der Waals surface area contributed by atoms with E-state index in [1.54, 1.807) is 0 Å². The van der Waals surface area contributed by atoms with E-state index in [0.29, 0.717) is 0 Å². The van der Waals surface area contributed by atoms with Crippen LogP contribution < -0.4 is 0 Å². The fourth-order valence-electron chi connectivity index (χ4n) is 1.43. The zero-order chi connectivity index (χ0) is 8.65. The Balaban J connectivity index is 0.00000144. The van der Waals surface area contributed by atoms with E-state index in [1.165, 1.54) is 19.4 Å². The summed E-state index contributed by atoms with van der Waals surface area (Å²) in [4.78, 5) is 2.47. The Bertz CT molecular complexity index is 108. The lowest BCUT2D eigenvalue weighted by atomic mass is 10.2. The molecule has 4 heteroatoms. The van der Waals surface area contributed by atoms with E-state index in [-0.39, 0.29) is 12.4 Å². The minimum atomic E-state index is 0. The fourth-order valence-corrected chi connectivity index (χ4v) is 1.62. The molecule has 80 valence electrons. The largest absolute Gasteiger partial charge is 0.379 e. The van der Waals surface area contributed by atoms with Crippen LogP contribution in [0.25, 0.3) is 0 Å². The van der Waals surface area contributed by atoms with Gasteiger partial charge in [0.25, 0.3) is 0 Å². The third-order valence-electron chi connectivity index (χ3n) is 2.21. The predicted molar refractivity (Wildman–Crippen MR) is 59.1 cm³/mol. The molecule has 1 heterocycles. The van der Waals surface area contributed by atoms with Crippen molar-refractivity contribution in [1.82, 2.24) is 4.90 Å². The molecule has 1 aliphatic rings. The summed E-state index contributed by atoms with van der Waals surface area (Å²) in [5, 5.41) is 0. The average Bonchev–Trinajstić information content (AvgIpc) is 2.14. The average molecular weight is 228 g/mol. The maximum atomic E-state index is 5.59. The Morgan fingerprint density at radius 3 is 2.38 bits per heavy atom. The third-order valence-corrected chi connectivity index (χ3v) is 2.48. The van der Waals surface area contributed by atoms with E-state index in [9.17, 15) is 0 Å². The van der Waals surface area contributed by atoms with Gasteiger partial charge in [-0.25, -0.2) is 0 Å². The lowest BCUT2D eigenvalue weighted by Gasteiger charge is -2.26. The summed E-state index contributed by atoms with van der Waals surface area (Å²) in [7, 11) is 0. The molecule has 0 aromatic rings. The smallest absolute Gasteiger partial charge is 0.0594 e. The van der Waals surface area contributed by atoms with Crippen LogP contribution in [0.4, 0.5) is 0 Å². The number of alkyl halides is 1. The number of morpholine rings is 1. The summed E-state index contributed by atoms with van der Waals surface area (Å²) < 4.78 is 5.26. The minimum Gasteiger partial charge on any atom is -0.379 e. The van der Waals surface area contributed by atoms with Crippen LogP contribution >= 0.6 is 24.0 Å². The normalized spacial score (nSPS) is 18.2. The lowest BCUT2D eigenvalue weighted by Crippen LogP contribution is -2.36. The number of hydrogen-bond acceptors (Lipinski definition) is 2. The van der Waals surface area contributed by atoms with Crippen molar-refractivity contribution in [3.63, 3.8) is 0 Å². The number of halogens is 2. The maximum absolute atomic E-state index is 5.59. The molecular formula is C9H19Cl2NO. The molecule has 1 rings (SSSR count). The molecule has 0 aliphatic carbocycles. The van der Waals surface area contributed by atoms with Crippen LogP contribution in [0.5, 0.6) is 0 Å². The molecule has 0 bridgehead atoms. The second-order valence-corrected chi connectivity index (χ2v) is 3.58. The zero-order valence-electron chi connectivity index (χ0n) is 8.01. The lowest BCUT2D eigenvalue weighted by molar-refractivity contribution is 0.0372. The Morgan fingerprint density at radius 1 is 1.08 bits per heavy atom. The van der Waals surface area contributed by atoms with Crippen molar-refractivity contribution in [2.24, 2.45) is 0 Å². The van der Waals surface area contributed by atoms with Crippen molar-refractivity contribution in [1.29, 1.82) is 0 Å². The van der Waals surface area contributed by atoms with Gasteiger partial charge >= 0.3 is 0 Å². The van der Waals surface area contributed by atoms with Gasteiger partial charge in [-0.3, -0.25) is 4.90 Å². The van der Waals surface area contributed by atoms with Gasteiger partial charge in [-0.2, -0.15) is 0 Å². The van der Waals surface area contributed by atoms with Crippen LogP contribution in [0.15, 0.2) is 0 Å². The maximum Gasteiger partial charge on any atom is 0.0594 e. The zero-order valence-corrected chi connectivity index (χ0v) is 9.58. The predicted octanol–water partition coefficient (Wildman–Crippen LogP) is 2.15. The number of hydrogen-bond donors (Lipinski definition) is 0. The molecule has 0 unspecified atom stereocenters. The summed E-state index contributed by atoms with van der Waals surface area (Å²) in [5.41, 5.74) is 0. The highest BCUT2D eigenvalue weighted by Gasteiger charge is 2.08. The van der Waals surface area contributed by atoms with Crippen LogP contribution in [0, 0.1) is 0 Å². The summed E-state index contributed by atoms with van der Waals surface area (Å²) in [6, 6.07) is 0. The van der Waals surface area contributed by atoms with Crippen LogP contribution in [-0.2, 0) is 4.74 Å². The molecule has 0 aromatic carbocycles. The van der Waals surface area contributed by atoms with Gasteiger partial charge in [0.05, 0.1) is 13.2 Å². The SMILES string of the molecule is Cl.ClCCCCCN1CCOCC1. The highest BCUT2D eigenvalue weighted by Crippen LogP contribution is 2.02. The van der Waals surface area contributed by atoms with E-state index in [0.717, 1.165) is 38.6 Å². The molecule has 0 atom stereocenters. The van der Waals surface area contributed by atoms with Crippen LogP contribution in [0.2, 0.25) is 0 Å². The van der Waals surface area contributed by atoms with Crippen molar-refractivity contribution in [2.45, 2.75) is 19.3 Å². The Labute approximate surface area is 92.0 Å². The standard InChI is InChI=1S/C9H18ClNO.ClH/c10-4-2-1-3-5-11-6-8-12-9-7-11;/h1-9H2;1H. The van der Waals surface area contributed by atoms with E-state index in [1.807, 2.05) is 0 Å². The first kappa shape index (κ1) is 13.5. The van der Waals surface area contributed by atoms with Gasteiger partial charge < -0.3 is 4.74 Å². The topological polar surface area (TPSA) is 12.5 Å². The second-order valence-electron chi connectivity index (χ2n) is 3.20. The van der Waals surface area contributed by atoms with Gasteiger partial charge in [0.2, 0.25) is 0 Å². The Morgan fingerprint density at radius 2 is 1.77 bits per heavy atom. The molecule has 0 aromatic heterocycles. The van der Waals surface area contributed by atoms with E-state index in [4.69, 9.17) is 16.3 Å².